The number of aliphatic hydroxyl groups is 3. The molecule has 6 atom stereocenters. The molecular weight excluding hydrogens is 736 g/mol. The SMILES string of the molecule is C=CCOC(=O)Nc1ccc(COC(=O)N[C@H]2C[C@H](O[C@H]3C[C@](O)(C(=O)CO)Cc4c(O)c5c(c(O)c43)C(=O)c3c(OC)cccc3C5=O)O[C@@H](C)[C@H]2O)cc1. The molecule has 17 nitrogen and oxygen atoms in total. The van der Waals surface area contributed by atoms with Crippen molar-refractivity contribution in [1.29, 1.82) is 0 Å². The van der Waals surface area contributed by atoms with E-state index < -0.39 is 108 Å². The van der Waals surface area contributed by atoms with Crippen LogP contribution in [0, 0.1) is 0 Å². The number of ether oxygens (including phenoxy) is 5. The van der Waals surface area contributed by atoms with Crippen LogP contribution in [0.5, 0.6) is 17.2 Å². The van der Waals surface area contributed by atoms with Gasteiger partial charge in [0.2, 0.25) is 5.78 Å². The molecular formula is C39H40N2O15. The van der Waals surface area contributed by atoms with E-state index in [2.05, 4.69) is 17.2 Å². The van der Waals surface area contributed by atoms with Crippen LogP contribution in [0.25, 0.3) is 0 Å². The average molecular weight is 777 g/mol. The van der Waals surface area contributed by atoms with Crippen molar-refractivity contribution in [3.05, 3.63) is 94.1 Å². The molecule has 1 aliphatic heterocycles. The normalized spacial score (nSPS) is 23.8. The fourth-order valence-electron chi connectivity index (χ4n) is 7.17. The van der Waals surface area contributed by atoms with Gasteiger partial charge in [-0.3, -0.25) is 19.7 Å². The van der Waals surface area contributed by atoms with Gasteiger partial charge < -0.3 is 54.5 Å². The summed E-state index contributed by atoms with van der Waals surface area (Å²) in [6, 6.07) is 9.63. The van der Waals surface area contributed by atoms with Gasteiger partial charge in [0.25, 0.3) is 0 Å². The average Bonchev–Trinajstić information content (AvgIpc) is 3.18. The van der Waals surface area contributed by atoms with Crippen molar-refractivity contribution in [2.45, 2.75) is 69.0 Å². The van der Waals surface area contributed by atoms with Crippen LogP contribution in [0.4, 0.5) is 15.3 Å². The number of carbonyl (C=O) groups is 5. The minimum atomic E-state index is -2.36. The molecule has 0 radical (unpaired) electrons. The fraction of sp³-hybridized carbons (Fsp3) is 0.359. The predicted octanol–water partition coefficient (Wildman–Crippen LogP) is 2.70. The molecule has 1 fully saturated rings. The van der Waals surface area contributed by atoms with Gasteiger partial charge in [0.1, 0.15) is 48.8 Å². The van der Waals surface area contributed by atoms with Crippen molar-refractivity contribution in [2.75, 3.05) is 25.6 Å². The molecule has 6 rings (SSSR count). The summed E-state index contributed by atoms with van der Waals surface area (Å²) >= 11 is 0. The van der Waals surface area contributed by atoms with E-state index in [4.69, 9.17) is 23.7 Å². The Morgan fingerprint density at radius 1 is 1.00 bits per heavy atom. The summed E-state index contributed by atoms with van der Waals surface area (Å²) in [4.78, 5) is 65.2. The molecule has 3 aromatic rings. The number of hydrogen-bond donors (Lipinski definition) is 7. The van der Waals surface area contributed by atoms with Crippen LogP contribution in [-0.4, -0.2) is 106 Å². The van der Waals surface area contributed by atoms with Crippen LogP contribution < -0.4 is 15.4 Å². The first-order chi connectivity index (χ1) is 26.7. The number of rotatable bonds is 11. The number of Topliss-reactive ketones (excluding diaryl/α,β-unsaturated/α-hetero) is 1. The van der Waals surface area contributed by atoms with Crippen LogP contribution in [0.15, 0.2) is 55.1 Å². The Kier molecular flexibility index (Phi) is 11.4. The zero-order chi connectivity index (χ0) is 40.5. The van der Waals surface area contributed by atoms with E-state index in [9.17, 15) is 49.5 Å². The number of phenols is 2. The number of aliphatic hydroxyl groups excluding tert-OH is 2. The zero-order valence-corrected chi connectivity index (χ0v) is 30.3. The van der Waals surface area contributed by atoms with Crippen LogP contribution in [0.1, 0.15) is 74.4 Å². The topological polar surface area (TPSA) is 257 Å². The largest absolute Gasteiger partial charge is 0.507 e. The monoisotopic (exact) mass is 776 g/mol. The number of anilines is 1. The number of methoxy groups -OCH3 is 1. The van der Waals surface area contributed by atoms with Gasteiger partial charge in [-0.05, 0) is 30.7 Å². The number of phenolic OH excluding ortho intramolecular Hbond substituents is 2. The number of alkyl carbamates (subject to hydrolysis) is 1. The summed E-state index contributed by atoms with van der Waals surface area (Å²) in [7, 11) is 1.30. The second-order valence-electron chi connectivity index (χ2n) is 13.5. The van der Waals surface area contributed by atoms with E-state index >= 15 is 0 Å². The predicted molar refractivity (Wildman–Crippen MR) is 192 cm³/mol. The van der Waals surface area contributed by atoms with Gasteiger partial charge in [-0.1, -0.05) is 36.9 Å². The molecule has 2 aliphatic carbocycles. The molecule has 1 heterocycles. The third kappa shape index (κ3) is 7.54. The zero-order valence-electron chi connectivity index (χ0n) is 30.3. The molecule has 1 saturated heterocycles. The van der Waals surface area contributed by atoms with E-state index in [1.807, 2.05) is 0 Å². The van der Waals surface area contributed by atoms with E-state index in [1.165, 1.54) is 38.3 Å². The van der Waals surface area contributed by atoms with Crippen molar-refractivity contribution in [1.82, 2.24) is 5.32 Å². The molecule has 0 spiro atoms. The summed E-state index contributed by atoms with van der Waals surface area (Å²) in [5.41, 5.74) is -3.16. The van der Waals surface area contributed by atoms with Gasteiger partial charge in [-0.15, -0.1) is 0 Å². The Balaban J connectivity index is 1.23. The number of amides is 2. The van der Waals surface area contributed by atoms with Crippen molar-refractivity contribution >= 4 is 35.2 Å². The van der Waals surface area contributed by atoms with Gasteiger partial charge >= 0.3 is 12.2 Å². The molecule has 3 aliphatic rings. The summed E-state index contributed by atoms with van der Waals surface area (Å²) in [6.07, 6.45) is -6.64. The third-order valence-electron chi connectivity index (χ3n) is 9.97. The lowest BCUT2D eigenvalue weighted by atomic mass is 9.72. The molecule has 0 aromatic heterocycles. The molecule has 7 N–H and O–H groups in total. The molecule has 2 amide bonds. The maximum Gasteiger partial charge on any atom is 0.411 e. The molecule has 0 bridgehead atoms. The molecule has 0 unspecified atom stereocenters. The summed E-state index contributed by atoms with van der Waals surface area (Å²) < 4.78 is 27.6. The Labute approximate surface area is 319 Å². The van der Waals surface area contributed by atoms with Crippen molar-refractivity contribution < 1.29 is 73.2 Å². The van der Waals surface area contributed by atoms with Gasteiger partial charge in [-0.25, -0.2) is 9.59 Å². The number of nitrogens with one attached hydrogen (secondary N) is 2. The van der Waals surface area contributed by atoms with Gasteiger partial charge in [0.15, 0.2) is 17.9 Å². The first kappa shape index (κ1) is 39.8. The van der Waals surface area contributed by atoms with E-state index in [1.54, 1.807) is 24.3 Å². The molecule has 296 valence electrons. The van der Waals surface area contributed by atoms with Crippen LogP contribution in [0.2, 0.25) is 0 Å². The van der Waals surface area contributed by atoms with Crippen LogP contribution in [0.3, 0.4) is 0 Å². The van der Waals surface area contributed by atoms with E-state index in [0.717, 1.165) is 0 Å². The van der Waals surface area contributed by atoms with Gasteiger partial charge in [-0.2, -0.15) is 0 Å². The smallest absolute Gasteiger partial charge is 0.411 e. The number of benzene rings is 3. The summed E-state index contributed by atoms with van der Waals surface area (Å²) in [5, 5.41) is 60.6. The van der Waals surface area contributed by atoms with Crippen LogP contribution in [-0.2, 0) is 36.8 Å². The third-order valence-corrected chi connectivity index (χ3v) is 9.97. The maximum atomic E-state index is 13.9. The highest BCUT2D eigenvalue weighted by Crippen LogP contribution is 2.52. The number of aromatic hydroxyl groups is 2. The van der Waals surface area contributed by atoms with Crippen molar-refractivity contribution in [2.24, 2.45) is 0 Å². The van der Waals surface area contributed by atoms with Gasteiger partial charge in [0.05, 0.1) is 42.0 Å². The standard InChI is InChI=1S/C39H40N2O15/c1-4-12-53-37(49)40-20-10-8-19(9-11-20)17-54-38(50)41-23-13-27(55-18(2)32(23)44)56-25-15-39(51,26(43)16-42)14-22-29(25)36(48)31-30(34(22)46)33(45)21-6-5-7-24(52-3)28(21)35(31)47/h4-11,18,23,25,27,32,42,44,46,48,51H,1,12-17H2,2-3H3,(H,40,49)(H,41,50)/t18-,23-,25-,27-,32+,39-/m0/s1. The maximum absolute atomic E-state index is 13.9. The lowest BCUT2D eigenvalue weighted by Gasteiger charge is -2.42. The second-order valence-corrected chi connectivity index (χ2v) is 13.5. The van der Waals surface area contributed by atoms with E-state index in [-0.39, 0.29) is 47.6 Å². The highest BCUT2D eigenvalue weighted by Gasteiger charge is 2.50. The lowest BCUT2D eigenvalue weighted by molar-refractivity contribution is -0.249. The quantitative estimate of drug-likeness (QED) is 0.0854. The molecule has 3 aromatic carbocycles. The molecule has 0 saturated carbocycles. The lowest BCUT2D eigenvalue weighted by Crippen LogP contribution is -2.56. The molecule has 17 heteroatoms. The van der Waals surface area contributed by atoms with Crippen molar-refractivity contribution in [3.8, 4) is 17.2 Å². The highest BCUT2D eigenvalue weighted by atomic mass is 16.7. The van der Waals surface area contributed by atoms with Crippen molar-refractivity contribution in [3.63, 3.8) is 0 Å². The first-order valence-corrected chi connectivity index (χ1v) is 17.5. The van der Waals surface area contributed by atoms with Gasteiger partial charge in [0, 0.05) is 41.6 Å². The fourth-order valence-corrected chi connectivity index (χ4v) is 7.17. The second kappa shape index (κ2) is 16.1. The first-order valence-electron chi connectivity index (χ1n) is 17.5. The summed E-state index contributed by atoms with van der Waals surface area (Å²) in [6.45, 7) is 3.73. The minimum absolute atomic E-state index is 0.0388. The Bertz CT molecular complexity index is 2080. The molecule has 56 heavy (non-hydrogen) atoms. The Morgan fingerprint density at radius 3 is 2.39 bits per heavy atom. The highest BCUT2D eigenvalue weighted by molar-refractivity contribution is 6.31. The minimum Gasteiger partial charge on any atom is -0.507 e. The van der Waals surface area contributed by atoms with Crippen LogP contribution >= 0.6 is 0 Å². The number of ketones is 3. The number of fused-ring (bicyclic) bond motifs is 3. The summed E-state index contributed by atoms with van der Waals surface area (Å²) in [5.74, 6) is -4.17. The number of carbonyl (C=O) groups excluding carboxylic acids is 5. The number of hydrogen-bond acceptors (Lipinski definition) is 15. The Hall–Kier alpha value is -5.85. The Morgan fingerprint density at radius 2 is 1.71 bits per heavy atom. The van der Waals surface area contributed by atoms with E-state index in [0.29, 0.717) is 11.3 Å².